The Balaban J connectivity index is 2.67. The molecule has 0 saturated heterocycles. The molecule has 0 atom stereocenters. The number of para-hydroxylation sites is 1. The van der Waals surface area contributed by atoms with Gasteiger partial charge in [-0.1, -0.05) is 18.2 Å². The summed E-state index contributed by atoms with van der Waals surface area (Å²) in [6.45, 7) is 1.05. The third-order valence-corrected chi connectivity index (χ3v) is 2.69. The first-order valence-corrected chi connectivity index (χ1v) is 5.74. The summed E-state index contributed by atoms with van der Waals surface area (Å²) in [7, 11) is 3.42. The van der Waals surface area contributed by atoms with Crippen LogP contribution in [-0.2, 0) is 16.1 Å². The van der Waals surface area contributed by atoms with Crippen molar-refractivity contribution in [3.05, 3.63) is 29.8 Å². The molecule has 1 rings (SSSR count). The van der Waals surface area contributed by atoms with Crippen molar-refractivity contribution in [2.24, 2.45) is 5.73 Å². The van der Waals surface area contributed by atoms with Gasteiger partial charge in [-0.25, -0.2) is 0 Å². The molecule has 1 amide bonds. The fraction of sp³-hybridized carbons (Fsp3) is 0.462. The molecule has 1 aromatic rings. The molecule has 0 radical (unpaired) electrons. The summed E-state index contributed by atoms with van der Waals surface area (Å²) in [5.74, 6) is 0.0861. The summed E-state index contributed by atoms with van der Waals surface area (Å²) < 4.78 is 4.93. The molecule has 1 aromatic carbocycles. The highest BCUT2D eigenvalue weighted by Crippen LogP contribution is 2.19. The van der Waals surface area contributed by atoms with E-state index in [4.69, 9.17) is 10.5 Å². The highest BCUT2D eigenvalue weighted by Gasteiger charge is 2.12. The number of hydrogen-bond donors (Lipinski definition) is 1. The first-order chi connectivity index (χ1) is 8.20. The molecule has 0 spiro atoms. The maximum atomic E-state index is 11.9. The Bertz CT molecular complexity index is 366. The number of ether oxygens (including phenoxy) is 1. The lowest BCUT2D eigenvalue weighted by Gasteiger charge is -2.20. The van der Waals surface area contributed by atoms with Crippen LogP contribution in [-0.4, -0.2) is 26.7 Å². The molecule has 4 nitrogen and oxygen atoms in total. The largest absolute Gasteiger partial charge is 0.385 e. The van der Waals surface area contributed by atoms with Crippen LogP contribution in [0, 0.1) is 0 Å². The summed E-state index contributed by atoms with van der Waals surface area (Å²) in [5.41, 5.74) is 7.52. The van der Waals surface area contributed by atoms with Crippen LogP contribution in [0.3, 0.4) is 0 Å². The van der Waals surface area contributed by atoms with Crippen LogP contribution in [0.15, 0.2) is 24.3 Å². The third kappa shape index (κ3) is 3.84. The monoisotopic (exact) mass is 236 g/mol. The second-order valence-corrected chi connectivity index (χ2v) is 3.88. The standard InChI is InChI=1S/C13H20N2O2/c1-15(13(16)8-5-9-17-2)12-7-4-3-6-11(12)10-14/h3-4,6-7H,5,8-10,14H2,1-2H3. The molecular weight excluding hydrogens is 216 g/mol. The smallest absolute Gasteiger partial charge is 0.226 e. The molecule has 2 N–H and O–H groups in total. The second kappa shape index (κ2) is 7.04. The number of amides is 1. The number of nitrogens with zero attached hydrogens (tertiary/aromatic N) is 1. The van der Waals surface area contributed by atoms with Crippen LogP contribution < -0.4 is 10.6 Å². The van der Waals surface area contributed by atoms with Crippen LogP contribution >= 0.6 is 0 Å². The van der Waals surface area contributed by atoms with Gasteiger partial charge in [0.15, 0.2) is 0 Å². The number of anilines is 1. The minimum absolute atomic E-state index is 0.0861. The van der Waals surface area contributed by atoms with Gasteiger partial charge in [-0.05, 0) is 18.1 Å². The van der Waals surface area contributed by atoms with E-state index in [0.29, 0.717) is 19.6 Å². The predicted molar refractivity (Wildman–Crippen MR) is 68.9 cm³/mol. The SMILES string of the molecule is COCCCC(=O)N(C)c1ccccc1CN. The molecule has 0 heterocycles. The van der Waals surface area contributed by atoms with Gasteiger partial charge < -0.3 is 15.4 Å². The Hall–Kier alpha value is -1.39. The lowest BCUT2D eigenvalue weighted by atomic mass is 10.1. The Labute approximate surface area is 102 Å². The summed E-state index contributed by atoms with van der Waals surface area (Å²) in [6, 6.07) is 7.69. The maximum absolute atomic E-state index is 11.9. The quantitative estimate of drug-likeness (QED) is 0.762. The first-order valence-electron chi connectivity index (χ1n) is 5.74. The summed E-state index contributed by atoms with van der Waals surface area (Å²) in [6.07, 6.45) is 1.23. The number of methoxy groups -OCH3 is 1. The minimum Gasteiger partial charge on any atom is -0.385 e. The average Bonchev–Trinajstić information content (AvgIpc) is 2.38. The molecule has 4 heteroatoms. The van der Waals surface area contributed by atoms with Crippen molar-refractivity contribution in [2.45, 2.75) is 19.4 Å². The number of rotatable bonds is 6. The first kappa shape index (κ1) is 13.7. The number of carbonyl (C=O) groups is 1. The van der Waals surface area contributed by atoms with Crippen LogP contribution in [0.5, 0.6) is 0 Å². The molecule has 0 aliphatic carbocycles. The molecule has 17 heavy (non-hydrogen) atoms. The fourth-order valence-corrected chi connectivity index (χ4v) is 1.68. The van der Waals surface area contributed by atoms with Gasteiger partial charge in [0.2, 0.25) is 5.91 Å². The van der Waals surface area contributed by atoms with Crippen molar-refractivity contribution in [2.75, 3.05) is 25.7 Å². The van der Waals surface area contributed by atoms with E-state index in [0.717, 1.165) is 17.7 Å². The van der Waals surface area contributed by atoms with Crippen molar-refractivity contribution < 1.29 is 9.53 Å². The van der Waals surface area contributed by atoms with Crippen molar-refractivity contribution >= 4 is 11.6 Å². The molecule has 94 valence electrons. The molecule has 0 aliphatic rings. The van der Waals surface area contributed by atoms with Gasteiger partial charge in [-0.15, -0.1) is 0 Å². The zero-order valence-corrected chi connectivity index (χ0v) is 10.5. The Morgan fingerprint density at radius 1 is 1.41 bits per heavy atom. The van der Waals surface area contributed by atoms with Gasteiger partial charge in [0, 0.05) is 39.4 Å². The van der Waals surface area contributed by atoms with E-state index < -0.39 is 0 Å². The van der Waals surface area contributed by atoms with E-state index in [2.05, 4.69) is 0 Å². The molecule has 0 saturated carbocycles. The topological polar surface area (TPSA) is 55.6 Å². The lowest BCUT2D eigenvalue weighted by molar-refractivity contribution is -0.118. The molecule has 0 bridgehead atoms. The highest BCUT2D eigenvalue weighted by atomic mass is 16.5. The maximum Gasteiger partial charge on any atom is 0.226 e. The highest BCUT2D eigenvalue weighted by molar-refractivity contribution is 5.93. The van der Waals surface area contributed by atoms with E-state index in [1.54, 1.807) is 19.1 Å². The predicted octanol–water partition coefficient (Wildman–Crippen LogP) is 1.53. The Morgan fingerprint density at radius 2 is 2.12 bits per heavy atom. The molecule has 0 fully saturated rings. The van der Waals surface area contributed by atoms with E-state index in [1.807, 2.05) is 24.3 Å². The van der Waals surface area contributed by atoms with Crippen molar-refractivity contribution in [3.8, 4) is 0 Å². The molecular formula is C13H20N2O2. The van der Waals surface area contributed by atoms with E-state index in [-0.39, 0.29) is 5.91 Å². The normalized spacial score (nSPS) is 10.3. The molecule has 0 aromatic heterocycles. The van der Waals surface area contributed by atoms with E-state index in [9.17, 15) is 4.79 Å². The summed E-state index contributed by atoms with van der Waals surface area (Å²) in [5, 5.41) is 0. The molecule has 0 aliphatic heterocycles. The van der Waals surface area contributed by atoms with E-state index in [1.165, 1.54) is 0 Å². The number of hydrogen-bond acceptors (Lipinski definition) is 3. The molecule has 0 unspecified atom stereocenters. The average molecular weight is 236 g/mol. The zero-order chi connectivity index (χ0) is 12.7. The Morgan fingerprint density at radius 3 is 2.76 bits per heavy atom. The zero-order valence-electron chi connectivity index (χ0n) is 10.5. The third-order valence-electron chi connectivity index (χ3n) is 2.69. The van der Waals surface area contributed by atoms with Gasteiger partial charge >= 0.3 is 0 Å². The van der Waals surface area contributed by atoms with Crippen molar-refractivity contribution in [3.63, 3.8) is 0 Å². The van der Waals surface area contributed by atoms with Gasteiger partial charge in [-0.3, -0.25) is 4.79 Å². The van der Waals surface area contributed by atoms with E-state index >= 15 is 0 Å². The fourth-order valence-electron chi connectivity index (χ4n) is 1.68. The summed E-state index contributed by atoms with van der Waals surface area (Å²) in [4.78, 5) is 13.6. The lowest BCUT2D eigenvalue weighted by Crippen LogP contribution is -2.27. The van der Waals surface area contributed by atoms with Gasteiger partial charge in [0.05, 0.1) is 0 Å². The van der Waals surface area contributed by atoms with Crippen molar-refractivity contribution in [1.29, 1.82) is 0 Å². The number of carbonyl (C=O) groups excluding carboxylic acids is 1. The van der Waals surface area contributed by atoms with Gasteiger partial charge in [0.1, 0.15) is 0 Å². The minimum atomic E-state index is 0.0861. The second-order valence-electron chi connectivity index (χ2n) is 3.88. The van der Waals surface area contributed by atoms with Gasteiger partial charge in [-0.2, -0.15) is 0 Å². The van der Waals surface area contributed by atoms with Crippen LogP contribution in [0.2, 0.25) is 0 Å². The number of nitrogens with two attached hydrogens (primary N) is 1. The summed E-state index contributed by atoms with van der Waals surface area (Å²) >= 11 is 0. The van der Waals surface area contributed by atoms with Gasteiger partial charge in [0.25, 0.3) is 0 Å². The number of benzene rings is 1. The van der Waals surface area contributed by atoms with Crippen LogP contribution in [0.1, 0.15) is 18.4 Å². The van der Waals surface area contributed by atoms with Crippen LogP contribution in [0.25, 0.3) is 0 Å². The van der Waals surface area contributed by atoms with Crippen molar-refractivity contribution in [1.82, 2.24) is 0 Å². The Kier molecular flexibility index (Phi) is 5.66. The van der Waals surface area contributed by atoms with Crippen LogP contribution in [0.4, 0.5) is 5.69 Å².